The molecule has 0 unspecified atom stereocenters. The molecular formula is C99H138Br2N6O16. The van der Waals surface area contributed by atoms with Crippen LogP contribution in [0, 0.1) is 112 Å². The van der Waals surface area contributed by atoms with Crippen LogP contribution in [-0.2, 0) is 38.1 Å². The van der Waals surface area contributed by atoms with Crippen LogP contribution in [0.25, 0.3) is 6.08 Å². The average Bonchev–Trinajstić information content (AvgIpc) is 0.835. The van der Waals surface area contributed by atoms with Crippen molar-refractivity contribution in [2.24, 2.45) is 16.9 Å². The highest BCUT2D eigenvalue weighted by molar-refractivity contribution is 9.28. The fourth-order valence-corrected chi connectivity index (χ4v) is 8.20. The molecule has 0 aromatic heterocycles. The Morgan fingerprint density at radius 1 is 0.447 bits per heavy atom. The first-order chi connectivity index (χ1) is 53.6. The molecule has 10 N–H and O–H groups in total. The Bertz CT molecular complexity index is 4600. The third-order valence-electron chi connectivity index (χ3n) is 13.7. The molecule has 5 aromatic carbocycles. The first-order valence-corrected chi connectivity index (χ1v) is 36.8. The Hall–Kier alpha value is -12.3. The Kier molecular flexibility index (Phi) is 80.3. The van der Waals surface area contributed by atoms with E-state index in [9.17, 15) is 43.2 Å². The Balaban J connectivity index is -0.000000137. The number of nitrogens with one attached hydrogen (secondary N) is 4. The van der Waals surface area contributed by atoms with Crippen molar-refractivity contribution in [2.45, 2.75) is 238 Å². The molecule has 0 saturated heterocycles. The number of halogens is 2. The highest BCUT2D eigenvalue weighted by Gasteiger charge is 2.40. The summed E-state index contributed by atoms with van der Waals surface area (Å²) in [7, 11) is 5.27. The lowest BCUT2D eigenvalue weighted by Gasteiger charge is -2.34. The quantitative estimate of drug-likeness (QED) is 0.0168. The maximum absolute atomic E-state index is 12.7. The lowest BCUT2D eigenvalue weighted by molar-refractivity contribution is -0.145. The molecule has 0 spiro atoms. The Labute approximate surface area is 755 Å². The third kappa shape index (κ3) is 60.8. The number of carbonyl (C=O) groups excluding carboxylic acids is 8. The largest absolute Gasteiger partial charge is 0.478 e. The highest BCUT2D eigenvalue weighted by Crippen LogP contribution is 2.21. The van der Waals surface area contributed by atoms with Gasteiger partial charge in [-0.1, -0.05) is 182 Å². The molecular weight excluding hydrogens is 1690 g/mol. The van der Waals surface area contributed by atoms with E-state index in [1.165, 1.54) is 46.1 Å². The second-order valence-corrected chi connectivity index (χ2v) is 29.0. The van der Waals surface area contributed by atoms with E-state index in [-0.39, 0.29) is 95.7 Å². The normalized spacial score (nSPS) is 9.55. The van der Waals surface area contributed by atoms with Gasteiger partial charge in [-0.2, -0.15) is 0 Å². The van der Waals surface area contributed by atoms with Crippen molar-refractivity contribution < 1.29 is 77.1 Å². The number of hydrogen-bond acceptors (Lipinski definition) is 17. The molecule has 22 nitrogen and oxygen atoms in total. The lowest BCUT2D eigenvalue weighted by Crippen LogP contribution is -2.62. The summed E-state index contributed by atoms with van der Waals surface area (Å²) in [5.41, 5.74) is 15.8. The monoisotopic (exact) mass is 1820 g/mol. The van der Waals surface area contributed by atoms with Crippen molar-refractivity contribution >= 4 is 91.6 Å². The van der Waals surface area contributed by atoms with Crippen molar-refractivity contribution in [3.8, 4) is 107 Å². The maximum atomic E-state index is 12.7. The van der Waals surface area contributed by atoms with Crippen LogP contribution in [0.3, 0.4) is 0 Å². The average molecular weight is 1830 g/mol. The minimum absolute atomic E-state index is 0. The van der Waals surface area contributed by atoms with Crippen LogP contribution in [0.1, 0.15) is 282 Å². The molecule has 674 valence electrons. The van der Waals surface area contributed by atoms with E-state index in [0.717, 1.165) is 57.7 Å². The number of amides is 4. The molecule has 4 amide bonds. The fourth-order valence-electron chi connectivity index (χ4n) is 7.67. The highest BCUT2D eigenvalue weighted by atomic mass is 79.9. The summed E-state index contributed by atoms with van der Waals surface area (Å²) in [6, 6.07) is 30.8. The minimum Gasteiger partial charge on any atom is -0.478 e. The van der Waals surface area contributed by atoms with Crippen molar-refractivity contribution in [2.75, 3.05) is 28.4 Å². The molecule has 0 aliphatic rings. The zero-order valence-electron chi connectivity index (χ0n) is 68.0. The van der Waals surface area contributed by atoms with E-state index in [0.29, 0.717) is 27.8 Å². The fraction of sp³-hybridized carbons (Fsp3) is 0.404. The van der Waals surface area contributed by atoms with Gasteiger partial charge in [0.15, 0.2) is 0 Å². The van der Waals surface area contributed by atoms with Crippen LogP contribution in [0.15, 0.2) is 125 Å². The van der Waals surface area contributed by atoms with E-state index in [4.69, 9.17) is 37.7 Å². The van der Waals surface area contributed by atoms with Gasteiger partial charge in [-0.05, 0) is 254 Å². The van der Waals surface area contributed by atoms with E-state index in [1.54, 1.807) is 146 Å². The van der Waals surface area contributed by atoms with Crippen LogP contribution < -0.4 is 32.9 Å². The SMILES string of the molecule is C.C.C.C.C.C.C.C.C.C#CCC.CCC#CC#Cc1ccc(C(=O)N[C@H](C(=O)NO)C(C)(C)N)cc1.CCC#CC#Cc1ccc(C(=O)N[C@H](C(=O)OC)C(C)(C)NC(=O)OC(C)(C)C)cc1.CCC#CC#Cc1ccc(C(=O)O)cc1.CCC#CC#Cc1ccc(C(=O)OC)cc1.COC(=O)[C@@H](N)C(C)(C)C.COC(=O)c1ccc(C=C(Br)Br)cc1. The van der Waals surface area contributed by atoms with Gasteiger partial charge in [0, 0.05) is 71.0 Å². The lowest BCUT2D eigenvalue weighted by atomic mass is 9.88. The summed E-state index contributed by atoms with van der Waals surface area (Å²) in [4.78, 5) is 105. The summed E-state index contributed by atoms with van der Waals surface area (Å²) in [6.07, 6.45) is 9.86. The van der Waals surface area contributed by atoms with Crippen LogP contribution in [0.4, 0.5) is 4.79 Å². The van der Waals surface area contributed by atoms with Crippen LogP contribution >= 0.6 is 31.9 Å². The van der Waals surface area contributed by atoms with E-state index < -0.39 is 70.6 Å². The number of esters is 4. The molecule has 123 heavy (non-hydrogen) atoms. The second kappa shape index (κ2) is 73.7. The number of aromatic carboxylic acids is 1. The number of hydrogen-bond donors (Lipinski definition) is 8. The first-order valence-electron chi connectivity index (χ1n) is 35.2. The Morgan fingerprint density at radius 2 is 0.740 bits per heavy atom. The summed E-state index contributed by atoms with van der Waals surface area (Å²) in [6.45, 7) is 26.9. The number of alkyl carbamates (subject to hydrolysis) is 1. The molecule has 3 atom stereocenters. The predicted octanol–water partition coefficient (Wildman–Crippen LogP) is 19.1. The summed E-state index contributed by atoms with van der Waals surface area (Å²) in [5, 5.41) is 25.2. The molecule has 0 bridgehead atoms. The third-order valence-corrected chi connectivity index (χ3v) is 14.2. The van der Waals surface area contributed by atoms with Crippen molar-refractivity contribution in [3.63, 3.8) is 0 Å². The molecule has 0 radical (unpaired) electrons. The molecule has 0 saturated carbocycles. The molecule has 5 aromatic rings. The number of benzene rings is 5. The summed E-state index contributed by atoms with van der Waals surface area (Å²) in [5.74, 6) is 42.6. The number of hydroxylamine groups is 1. The van der Waals surface area contributed by atoms with Gasteiger partial charge in [-0.15, -0.1) is 12.3 Å². The minimum atomic E-state index is -1.19. The number of nitrogens with two attached hydrogens (primary N) is 2. The van der Waals surface area contributed by atoms with E-state index in [2.05, 4.69) is 163 Å². The van der Waals surface area contributed by atoms with Gasteiger partial charge in [0.2, 0.25) is 0 Å². The van der Waals surface area contributed by atoms with Gasteiger partial charge in [0.25, 0.3) is 17.7 Å². The zero-order valence-corrected chi connectivity index (χ0v) is 71.2. The molecule has 24 heteroatoms. The molecule has 0 fully saturated rings. The number of ether oxygens (including phenoxy) is 5. The number of carbonyl (C=O) groups is 9. The number of carboxylic acids is 1. The van der Waals surface area contributed by atoms with Gasteiger partial charge >= 0.3 is 35.9 Å². The zero-order chi connectivity index (χ0) is 87.0. The van der Waals surface area contributed by atoms with Crippen molar-refractivity contribution in [1.29, 1.82) is 0 Å². The van der Waals surface area contributed by atoms with E-state index >= 15 is 0 Å². The van der Waals surface area contributed by atoms with Gasteiger partial charge in [0.1, 0.15) is 23.7 Å². The van der Waals surface area contributed by atoms with Crippen molar-refractivity contribution in [3.05, 3.63) is 180 Å². The number of terminal acetylenes is 1. The number of methoxy groups -OCH3 is 4. The first kappa shape index (κ1) is 134. The van der Waals surface area contributed by atoms with Crippen LogP contribution in [0.5, 0.6) is 0 Å². The standard InChI is InChI=1S/C24H30N2O5.C18H21N3O3.C14H12O2.C13H10O2.C10H8Br2O2.C7H15NO2.C4H6.9CH4/c1-8-9-10-11-12-17-13-15-18(16-14-17)20(27)25-19(21(28)30-7)24(5,6)26-22(29)31-23(2,3)4;1-4-5-6-7-8-13-9-11-14(12-10-13)16(22)20-15(17(23)21-24)18(2,3)19;1-3-4-5-6-7-12-8-10-13(11-9-12)14(15)16-2;1-2-3-4-5-6-11-7-9-12(10-8-11)13(14)15;1-14-10(13)8-4-2-7(3-5-8)6-9(11)12;1-7(2,3)5(8)6(9)10-4;1-3-4-2;;;;;;;;;/h13-16,19H,8H2,1-7H3,(H,25,27)(H,26,29);9-12,15,24H,4,19H2,1-3H3,(H,20,22)(H,21,23);8-11H,3H2,1-2H3;7-10H,2H2,1H3,(H,14,15);2-6H,1H3;5H,8H2,1-4H3;1H,4H2,2H3;9*1H4/t19-;15-;;;;5-;;;;;;;;;;/m11...1........../s1. The van der Waals surface area contributed by atoms with Gasteiger partial charge in [-0.25, -0.2) is 29.5 Å². The van der Waals surface area contributed by atoms with Crippen LogP contribution in [-0.4, -0.2) is 127 Å². The van der Waals surface area contributed by atoms with E-state index in [1.807, 2.05) is 73.6 Å². The molecule has 0 aliphatic carbocycles. The van der Waals surface area contributed by atoms with Gasteiger partial charge < -0.3 is 56.2 Å². The van der Waals surface area contributed by atoms with Crippen LogP contribution in [0.2, 0.25) is 0 Å². The van der Waals surface area contributed by atoms with Gasteiger partial charge in [-0.3, -0.25) is 24.4 Å². The predicted molar refractivity (Wildman–Crippen MR) is 513 cm³/mol. The number of carboxylic acid groups (broad SMARTS) is 1. The summed E-state index contributed by atoms with van der Waals surface area (Å²) < 4.78 is 24.6. The van der Waals surface area contributed by atoms with Crippen molar-refractivity contribution in [1.82, 2.24) is 21.4 Å². The molecule has 0 aliphatic heterocycles. The maximum Gasteiger partial charge on any atom is 0.408 e. The second-order valence-electron chi connectivity index (χ2n) is 26.2. The topological polar surface area (TPSA) is 340 Å². The molecule has 0 heterocycles. The van der Waals surface area contributed by atoms with Gasteiger partial charge in [0.05, 0.1) is 54.1 Å². The smallest absolute Gasteiger partial charge is 0.408 e. The Morgan fingerprint density at radius 3 is 0.976 bits per heavy atom. The molecule has 5 rings (SSSR count). The number of rotatable bonds is 14. The summed E-state index contributed by atoms with van der Waals surface area (Å²) >= 11 is 6.52.